The lowest BCUT2D eigenvalue weighted by molar-refractivity contribution is -0.136. The number of hydrogen-bond acceptors (Lipinski definition) is 10. The van der Waals surface area contributed by atoms with Crippen LogP contribution in [0.4, 0.5) is 5.95 Å². The summed E-state index contributed by atoms with van der Waals surface area (Å²) in [7, 11) is 0. The van der Waals surface area contributed by atoms with Gasteiger partial charge in [0.15, 0.2) is 0 Å². The maximum Gasteiger partial charge on any atom is 0.303 e. The van der Waals surface area contributed by atoms with Crippen molar-refractivity contribution in [2.24, 2.45) is 0 Å². The van der Waals surface area contributed by atoms with Crippen molar-refractivity contribution in [2.75, 3.05) is 18.0 Å². The number of aromatic nitrogens is 7. The number of anilines is 1. The van der Waals surface area contributed by atoms with Gasteiger partial charge < -0.3 is 14.7 Å². The first-order chi connectivity index (χ1) is 17.1. The van der Waals surface area contributed by atoms with Crippen LogP contribution in [-0.4, -0.2) is 59.3 Å². The minimum atomic E-state index is -0.816. The number of aryl methyl sites for hydroxylation is 1. The average molecular weight is 493 g/mol. The SMILES string of the molecule is O=C(O)CCc1cnc(N2CCC(c3nc(COc4ccc(-n5cnnn5)cc4)cs3)CC2)nc1. The molecule has 0 unspecified atom stereocenters. The van der Waals surface area contributed by atoms with Crippen LogP contribution in [0.25, 0.3) is 5.69 Å². The van der Waals surface area contributed by atoms with E-state index in [0.29, 0.717) is 24.9 Å². The van der Waals surface area contributed by atoms with Crippen LogP contribution in [0.3, 0.4) is 0 Å². The van der Waals surface area contributed by atoms with Gasteiger partial charge in [-0.05, 0) is 59.5 Å². The number of hydrogen-bond donors (Lipinski definition) is 1. The Kier molecular flexibility index (Phi) is 6.89. The first kappa shape index (κ1) is 22.8. The van der Waals surface area contributed by atoms with Crippen molar-refractivity contribution in [3.8, 4) is 11.4 Å². The lowest BCUT2D eigenvalue weighted by atomic mass is 9.98. The molecule has 1 aliphatic rings. The normalized spacial score (nSPS) is 14.2. The molecule has 3 aromatic heterocycles. The number of ether oxygens (including phenoxy) is 1. The highest BCUT2D eigenvalue weighted by molar-refractivity contribution is 7.09. The number of carboxylic acids is 1. The largest absolute Gasteiger partial charge is 0.487 e. The van der Waals surface area contributed by atoms with E-state index in [9.17, 15) is 4.79 Å². The van der Waals surface area contributed by atoms with E-state index in [2.05, 4.69) is 35.8 Å². The summed E-state index contributed by atoms with van der Waals surface area (Å²) in [6, 6.07) is 7.58. The quantitative estimate of drug-likeness (QED) is 0.372. The first-order valence-corrected chi connectivity index (χ1v) is 12.2. The van der Waals surface area contributed by atoms with Crippen LogP contribution in [0.15, 0.2) is 48.4 Å². The minimum absolute atomic E-state index is 0.0865. The van der Waals surface area contributed by atoms with E-state index in [4.69, 9.17) is 14.8 Å². The van der Waals surface area contributed by atoms with Gasteiger partial charge in [0.05, 0.1) is 16.4 Å². The maximum absolute atomic E-state index is 10.7. The zero-order chi connectivity index (χ0) is 24.0. The van der Waals surface area contributed by atoms with E-state index < -0.39 is 5.97 Å². The predicted molar refractivity (Wildman–Crippen MR) is 128 cm³/mol. The highest BCUT2D eigenvalue weighted by atomic mass is 32.1. The van der Waals surface area contributed by atoms with Gasteiger partial charge in [0, 0.05) is 43.2 Å². The molecule has 1 aromatic carbocycles. The van der Waals surface area contributed by atoms with Crippen LogP contribution < -0.4 is 9.64 Å². The fraction of sp³-hybridized carbons (Fsp3) is 0.348. The van der Waals surface area contributed by atoms with Gasteiger partial charge >= 0.3 is 5.97 Å². The highest BCUT2D eigenvalue weighted by Crippen LogP contribution is 2.31. The summed E-state index contributed by atoms with van der Waals surface area (Å²) in [6.45, 7) is 2.14. The van der Waals surface area contributed by atoms with Gasteiger partial charge in [0.1, 0.15) is 18.7 Å². The molecule has 0 spiro atoms. The first-order valence-electron chi connectivity index (χ1n) is 11.3. The average Bonchev–Trinajstić information content (AvgIpc) is 3.60. The molecular formula is C23H24N8O3S. The van der Waals surface area contributed by atoms with Crippen LogP contribution in [0, 0.1) is 0 Å². The molecule has 1 fully saturated rings. The summed E-state index contributed by atoms with van der Waals surface area (Å²) in [5.41, 5.74) is 2.63. The van der Waals surface area contributed by atoms with Crippen molar-refractivity contribution in [1.29, 1.82) is 0 Å². The smallest absolute Gasteiger partial charge is 0.303 e. The maximum atomic E-state index is 10.7. The molecule has 180 valence electrons. The molecule has 0 radical (unpaired) electrons. The number of nitrogens with zero attached hydrogens (tertiary/aromatic N) is 8. The van der Waals surface area contributed by atoms with Gasteiger partial charge in [-0.2, -0.15) is 0 Å². The minimum Gasteiger partial charge on any atom is -0.487 e. The van der Waals surface area contributed by atoms with E-state index in [1.54, 1.807) is 34.7 Å². The fourth-order valence-electron chi connectivity index (χ4n) is 3.93. The number of carboxylic acid groups (broad SMARTS) is 1. The van der Waals surface area contributed by atoms with E-state index in [1.807, 2.05) is 24.3 Å². The van der Waals surface area contributed by atoms with Gasteiger partial charge in [0.25, 0.3) is 0 Å². The van der Waals surface area contributed by atoms with E-state index >= 15 is 0 Å². The molecule has 4 aromatic rings. The van der Waals surface area contributed by atoms with Gasteiger partial charge in [-0.25, -0.2) is 19.6 Å². The van der Waals surface area contributed by atoms with Crippen molar-refractivity contribution < 1.29 is 14.6 Å². The Balaban J connectivity index is 1.10. The Morgan fingerprint density at radius 2 is 1.91 bits per heavy atom. The summed E-state index contributed by atoms with van der Waals surface area (Å²) in [6.07, 6.45) is 7.49. The molecule has 1 aliphatic heterocycles. The molecule has 0 saturated carbocycles. The fourth-order valence-corrected chi connectivity index (χ4v) is 4.90. The lowest BCUT2D eigenvalue weighted by Crippen LogP contribution is -2.34. The molecule has 0 bridgehead atoms. The van der Waals surface area contributed by atoms with Gasteiger partial charge in [-0.1, -0.05) is 0 Å². The number of thiazole rings is 1. The van der Waals surface area contributed by atoms with Crippen molar-refractivity contribution >= 4 is 23.3 Å². The summed E-state index contributed by atoms with van der Waals surface area (Å²) >= 11 is 1.68. The Bertz CT molecular complexity index is 1240. The van der Waals surface area contributed by atoms with Gasteiger partial charge in [0.2, 0.25) is 5.95 Å². The predicted octanol–water partition coefficient (Wildman–Crippen LogP) is 2.89. The second kappa shape index (κ2) is 10.6. The summed E-state index contributed by atoms with van der Waals surface area (Å²) in [5.74, 6) is 1.06. The Morgan fingerprint density at radius 3 is 2.60 bits per heavy atom. The van der Waals surface area contributed by atoms with E-state index in [1.165, 1.54) is 0 Å². The zero-order valence-electron chi connectivity index (χ0n) is 18.9. The third-order valence-electron chi connectivity index (χ3n) is 5.85. The number of aliphatic carboxylic acids is 1. The van der Waals surface area contributed by atoms with Crippen LogP contribution >= 0.6 is 11.3 Å². The van der Waals surface area contributed by atoms with E-state index in [0.717, 1.165) is 53.6 Å². The Morgan fingerprint density at radius 1 is 1.14 bits per heavy atom. The second-order valence-corrected chi connectivity index (χ2v) is 9.15. The molecule has 1 saturated heterocycles. The molecular weight excluding hydrogens is 468 g/mol. The molecule has 1 N–H and O–H groups in total. The number of carbonyl (C=O) groups is 1. The van der Waals surface area contributed by atoms with Crippen LogP contribution in [0.1, 0.15) is 41.4 Å². The van der Waals surface area contributed by atoms with Crippen molar-refractivity contribution in [1.82, 2.24) is 35.2 Å². The molecule has 0 aliphatic carbocycles. The third-order valence-corrected chi connectivity index (χ3v) is 6.91. The van der Waals surface area contributed by atoms with Crippen molar-refractivity contribution in [3.63, 3.8) is 0 Å². The zero-order valence-corrected chi connectivity index (χ0v) is 19.7. The summed E-state index contributed by atoms with van der Waals surface area (Å²) < 4.78 is 7.49. The number of rotatable bonds is 9. The number of piperidine rings is 1. The van der Waals surface area contributed by atoms with Crippen molar-refractivity contribution in [3.05, 3.63) is 64.6 Å². The monoisotopic (exact) mass is 492 g/mol. The molecule has 4 heterocycles. The molecule has 0 amide bonds. The Hall–Kier alpha value is -3.93. The molecule has 0 atom stereocenters. The molecule has 35 heavy (non-hydrogen) atoms. The lowest BCUT2D eigenvalue weighted by Gasteiger charge is -2.31. The van der Waals surface area contributed by atoms with Gasteiger partial charge in [-0.3, -0.25) is 4.79 Å². The third kappa shape index (κ3) is 5.77. The standard InChI is InChI=1S/C23H24N8O3S/c32-21(33)6-1-16-11-24-23(25-12-16)30-9-7-17(8-10-30)22-27-18(14-35-22)13-34-20-4-2-19(3-5-20)31-15-26-28-29-31/h2-5,11-12,14-15,17H,1,6-10,13H2,(H,32,33). The van der Waals surface area contributed by atoms with Crippen LogP contribution in [0.2, 0.25) is 0 Å². The van der Waals surface area contributed by atoms with Crippen molar-refractivity contribution in [2.45, 2.75) is 38.2 Å². The van der Waals surface area contributed by atoms with E-state index in [-0.39, 0.29) is 6.42 Å². The summed E-state index contributed by atoms with van der Waals surface area (Å²) in [5, 5.41) is 23.2. The van der Waals surface area contributed by atoms with Crippen LogP contribution in [-0.2, 0) is 17.8 Å². The highest BCUT2D eigenvalue weighted by Gasteiger charge is 2.24. The van der Waals surface area contributed by atoms with Crippen LogP contribution in [0.5, 0.6) is 5.75 Å². The Labute approximate surface area is 205 Å². The molecule has 5 rings (SSSR count). The second-order valence-electron chi connectivity index (χ2n) is 8.26. The molecule has 12 heteroatoms. The summed E-state index contributed by atoms with van der Waals surface area (Å²) in [4.78, 5) is 26.6. The number of benzene rings is 1. The number of tetrazole rings is 1. The molecule has 11 nitrogen and oxygen atoms in total. The van der Waals surface area contributed by atoms with Gasteiger partial charge in [-0.15, -0.1) is 16.4 Å². The topological polar surface area (TPSA) is 132 Å².